The number of hydrogen-bond donors (Lipinski definition) is 1. The Hall–Kier alpha value is -2.97. The van der Waals surface area contributed by atoms with Gasteiger partial charge in [-0.05, 0) is 55.0 Å². The topological polar surface area (TPSA) is 75.7 Å². The number of carbonyl (C=O) groups excluding carboxylic acids is 3. The Morgan fingerprint density at radius 3 is 2.29 bits per heavy atom. The average molecular weight is 412 g/mol. The molecule has 1 aliphatic heterocycles. The Bertz CT molecular complexity index is 982. The summed E-state index contributed by atoms with van der Waals surface area (Å²) in [6, 6.07) is 13.6. The van der Waals surface area contributed by atoms with Crippen molar-refractivity contribution in [2.45, 2.75) is 6.92 Å². The van der Waals surface area contributed by atoms with Gasteiger partial charge in [-0.3, -0.25) is 15.0 Å². The number of methoxy groups -OCH3 is 1. The number of aryl methyl sites for hydroxylation is 1. The molecule has 8 heteroatoms. The molecule has 0 spiro atoms. The molecule has 0 atom stereocenters. The molecule has 0 aliphatic carbocycles. The predicted octanol–water partition coefficient (Wildman–Crippen LogP) is 3.33. The van der Waals surface area contributed by atoms with Gasteiger partial charge in [-0.25, -0.2) is 4.79 Å². The lowest BCUT2D eigenvalue weighted by Crippen LogP contribution is -2.44. The van der Waals surface area contributed by atoms with Gasteiger partial charge in [-0.2, -0.15) is 5.01 Å². The van der Waals surface area contributed by atoms with E-state index in [1.807, 2.05) is 19.1 Å². The van der Waals surface area contributed by atoms with E-state index in [0.717, 1.165) is 27.9 Å². The van der Waals surface area contributed by atoms with E-state index >= 15 is 0 Å². The summed E-state index contributed by atoms with van der Waals surface area (Å²) in [5.74, 6) is -1.26. The highest BCUT2D eigenvalue weighted by molar-refractivity contribution is 8.26. The Morgan fingerprint density at radius 1 is 1.07 bits per heavy atom. The normalized spacial score (nSPS) is 15.1. The minimum Gasteiger partial charge on any atom is -0.465 e. The van der Waals surface area contributed by atoms with Gasteiger partial charge in [-0.15, -0.1) is 0 Å². The molecule has 3 rings (SSSR count). The van der Waals surface area contributed by atoms with Gasteiger partial charge < -0.3 is 4.74 Å². The van der Waals surface area contributed by atoms with Crippen molar-refractivity contribution >= 4 is 52.2 Å². The summed E-state index contributed by atoms with van der Waals surface area (Å²) >= 11 is 6.32. The van der Waals surface area contributed by atoms with Crippen molar-refractivity contribution < 1.29 is 19.1 Å². The van der Waals surface area contributed by atoms with Gasteiger partial charge in [0.2, 0.25) is 0 Å². The van der Waals surface area contributed by atoms with Crippen molar-refractivity contribution in [3.63, 3.8) is 0 Å². The van der Waals surface area contributed by atoms with Gasteiger partial charge in [0.05, 0.1) is 17.6 Å². The second-order valence-corrected chi connectivity index (χ2v) is 7.61. The molecule has 28 heavy (non-hydrogen) atoms. The predicted molar refractivity (Wildman–Crippen MR) is 111 cm³/mol. The molecule has 0 bridgehead atoms. The van der Waals surface area contributed by atoms with Gasteiger partial charge in [-0.1, -0.05) is 41.6 Å². The Kier molecular flexibility index (Phi) is 5.91. The van der Waals surface area contributed by atoms with Crippen molar-refractivity contribution in [1.29, 1.82) is 0 Å². The van der Waals surface area contributed by atoms with Crippen molar-refractivity contribution in [3.05, 3.63) is 75.7 Å². The fraction of sp³-hybridized carbons (Fsp3) is 0.100. The number of benzene rings is 2. The van der Waals surface area contributed by atoms with Crippen molar-refractivity contribution in [1.82, 2.24) is 10.4 Å². The summed E-state index contributed by atoms with van der Waals surface area (Å²) in [6.07, 6.45) is 1.65. The lowest BCUT2D eigenvalue weighted by Gasteiger charge is -2.15. The Labute approximate surface area is 171 Å². The van der Waals surface area contributed by atoms with Crippen LogP contribution in [0.25, 0.3) is 6.08 Å². The number of thiocarbonyl (C=S) groups is 1. The number of nitrogens with zero attached hydrogens (tertiary/aromatic N) is 1. The second kappa shape index (κ2) is 8.37. The van der Waals surface area contributed by atoms with E-state index in [4.69, 9.17) is 12.2 Å². The molecular weight excluding hydrogens is 396 g/mol. The molecule has 1 saturated heterocycles. The van der Waals surface area contributed by atoms with Crippen molar-refractivity contribution in [2.75, 3.05) is 7.11 Å². The van der Waals surface area contributed by atoms with Crippen molar-refractivity contribution in [2.24, 2.45) is 0 Å². The summed E-state index contributed by atoms with van der Waals surface area (Å²) in [5, 5.41) is 1.07. The van der Waals surface area contributed by atoms with Crippen LogP contribution < -0.4 is 5.43 Å². The van der Waals surface area contributed by atoms with E-state index in [2.05, 4.69) is 10.2 Å². The zero-order valence-corrected chi connectivity index (χ0v) is 16.7. The maximum atomic E-state index is 12.6. The molecule has 2 aromatic rings. The molecule has 142 valence electrons. The maximum Gasteiger partial charge on any atom is 0.337 e. The third kappa shape index (κ3) is 4.29. The van der Waals surface area contributed by atoms with Gasteiger partial charge in [0, 0.05) is 5.56 Å². The van der Waals surface area contributed by atoms with E-state index in [-0.39, 0.29) is 4.32 Å². The number of hydrogen-bond acceptors (Lipinski definition) is 6. The van der Waals surface area contributed by atoms with Crippen LogP contribution in [0.1, 0.15) is 31.8 Å². The van der Waals surface area contributed by atoms with Crippen LogP contribution in [0.4, 0.5) is 0 Å². The van der Waals surface area contributed by atoms with Crippen LogP contribution in [-0.2, 0) is 9.53 Å². The van der Waals surface area contributed by atoms with Crippen LogP contribution in [-0.4, -0.2) is 34.2 Å². The number of amides is 2. The number of thioether (sulfide) groups is 1. The van der Waals surface area contributed by atoms with E-state index in [1.165, 1.54) is 7.11 Å². The van der Waals surface area contributed by atoms with Crippen LogP contribution in [0.5, 0.6) is 0 Å². The van der Waals surface area contributed by atoms with Crippen LogP contribution in [0.2, 0.25) is 0 Å². The van der Waals surface area contributed by atoms with Crippen LogP contribution in [0.3, 0.4) is 0 Å². The third-order valence-electron chi connectivity index (χ3n) is 3.95. The van der Waals surface area contributed by atoms with E-state index in [0.29, 0.717) is 16.0 Å². The zero-order valence-electron chi connectivity index (χ0n) is 15.1. The number of carbonyl (C=O) groups is 3. The van der Waals surface area contributed by atoms with Gasteiger partial charge in [0.25, 0.3) is 11.8 Å². The fourth-order valence-corrected chi connectivity index (χ4v) is 3.60. The van der Waals surface area contributed by atoms with E-state index in [9.17, 15) is 14.4 Å². The molecule has 0 unspecified atom stereocenters. The molecule has 1 N–H and O–H groups in total. The van der Waals surface area contributed by atoms with Crippen LogP contribution in [0.15, 0.2) is 53.4 Å². The highest BCUT2D eigenvalue weighted by Gasteiger charge is 2.33. The molecule has 2 amide bonds. The maximum absolute atomic E-state index is 12.6. The summed E-state index contributed by atoms with van der Waals surface area (Å²) in [4.78, 5) is 36.8. The molecule has 0 saturated carbocycles. The Morgan fingerprint density at radius 2 is 1.68 bits per heavy atom. The number of rotatable bonds is 4. The lowest BCUT2D eigenvalue weighted by molar-refractivity contribution is -0.123. The highest BCUT2D eigenvalue weighted by Crippen LogP contribution is 2.31. The van der Waals surface area contributed by atoms with Gasteiger partial charge in [0.1, 0.15) is 0 Å². The SMILES string of the molecule is COC(=O)c1ccc(C=C2SC(=S)N(NC(=O)c3ccc(C)cc3)C2=O)cc1. The second-order valence-electron chi connectivity index (χ2n) is 5.94. The smallest absolute Gasteiger partial charge is 0.337 e. The van der Waals surface area contributed by atoms with Gasteiger partial charge >= 0.3 is 5.97 Å². The first-order valence-electron chi connectivity index (χ1n) is 8.23. The number of ether oxygens (including phenoxy) is 1. The summed E-state index contributed by atoms with van der Waals surface area (Å²) in [5.41, 5.74) is 5.14. The third-order valence-corrected chi connectivity index (χ3v) is 5.25. The first-order valence-corrected chi connectivity index (χ1v) is 9.45. The van der Waals surface area contributed by atoms with E-state index < -0.39 is 17.8 Å². The molecule has 0 aromatic heterocycles. The molecule has 0 radical (unpaired) electrons. The molecule has 6 nitrogen and oxygen atoms in total. The molecule has 2 aromatic carbocycles. The summed E-state index contributed by atoms with van der Waals surface area (Å²) in [7, 11) is 1.31. The average Bonchev–Trinajstić information content (AvgIpc) is 2.95. The first kappa shape index (κ1) is 19.8. The van der Waals surface area contributed by atoms with Crippen LogP contribution in [0, 0.1) is 6.92 Å². The minimum atomic E-state index is -0.434. The number of nitrogens with one attached hydrogen (secondary N) is 1. The molecule has 1 aliphatic rings. The van der Waals surface area contributed by atoms with Crippen LogP contribution >= 0.6 is 24.0 Å². The molecule has 1 fully saturated rings. The fourth-order valence-electron chi connectivity index (χ4n) is 2.42. The van der Waals surface area contributed by atoms with Gasteiger partial charge in [0.15, 0.2) is 4.32 Å². The Balaban J connectivity index is 1.74. The molecular formula is C20H16N2O4S2. The number of hydrazine groups is 1. The largest absolute Gasteiger partial charge is 0.465 e. The number of esters is 1. The summed E-state index contributed by atoms with van der Waals surface area (Å²) in [6.45, 7) is 1.92. The highest BCUT2D eigenvalue weighted by atomic mass is 32.2. The minimum absolute atomic E-state index is 0.239. The van der Waals surface area contributed by atoms with E-state index in [1.54, 1.807) is 42.5 Å². The van der Waals surface area contributed by atoms with Crippen molar-refractivity contribution in [3.8, 4) is 0 Å². The summed E-state index contributed by atoms with van der Waals surface area (Å²) < 4.78 is 4.90. The zero-order chi connectivity index (χ0) is 20.3. The first-order chi connectivity index (χ1) is 13.4. The quantitative estimate of drug-likeness (QED) is 0.472. The molecule has 1 heterocycles. The monoisotopic (exact) mass is 412 g/mol. The standard InChI is InChI=1S/C20H16N2O4S2/c1-12-3-7-14(8-4-12)17(23)21-22-18(24)16(28-20(22)27)11-13-5-9-15(10-6-13)19(25)26-2/h3-11H,1-2H3,(H,21,23). The lowest BCUT2D eigenvalue weighted by atomic mass is 10.1.